The maximum atomic E-state index is 12.5. The fourth-order valence-electron chi connectivity index (χ4n) is 5.07. The molecule has 0 radical (unpaired) electrons. The molecule has 0 saturated carbocycles. The average molecular weight is 509 g/mol. The molecule has 2 aliphatic rings. The molecule has 194 valence electrons. The number of nitro groups is 1. The van der Waals surface area contributed by atoms with Gasteiger partial charge >= 0.3 is 6.09 Å². The first-order chi connectivity index (χ1) is 17.9. The summed E-state index contributed by atoms with van der Waals surface area (Å²) >= 11 is 0. The molecule has 2 aliphatic heterocycles. The van der Waals surface area contributed by atoms with Crippen LogP contribution in [0.25, 0.3) is 10.9 Å². The molecule has 11 heteroatoms. The highest BCUT2D eigenvalue weighted by Crippen LogP contribution is 2.31. The molecular weight excluding hydrogens is 480 g/mol. The van der Waals surface area contributed by atoms with Crippen molar-refractivity contribution in [1.29, 1.82) is 0 Å². The SMILES string of the molecule is O=C(O)N(Cc1ccc2c(c1)OCCO2)C1CCN(CCn2c(=O)ccc3cc([N+](=O)[O-])ccc32)CC1. The van der Waals surface area contributed by atoms with Crippen molar-refractivity contribution in [2.45, 2.75) is 32.0 Å². The summed E-state index contributed by atoms with van der Waals surface area (Å²) in [6.07, 6.45) is 0.422. The van der Waals surface area contributed by atoms with Crippen molar-refractivity contribution < 1.29 is 24.3 Å². The molecule has 0 atom stereocenters. The molecule has 0 unspecified atom stereocenters. The molecule has 0 bridgehead atoms. The molecule has 0 aliphatic carbocycles. The van der Waals surface area contributed by atoms with E-state index < -0.39 is 11.0 Å². The summed E-state index contributed by atoms with van der Waals surface area (Å²) in [7, 11) is 0. The second-order valence-electron chi connectivity index (χ2n) is 9.28. The lowest BCUT2D eigenvalue weighted by Crippen LogP contribution is -2.47. The summed E-state index contributed by atoms with van der Waals surface area (Å²) in [5.41, 5.74) is 1.33. The van der Waals surface area contributed by atoms with E-state index in [0.29, 0.717) is 74.6 Å². The minimum absolute atomic E-state index is 0.0148. The number of amides is 1. The van der Waals surface area contributed by atoms with Gasteiger partial charge in [-0.15, -0.1) is 0 Å². The Morgan fingerprint density at radius 3 is 2.51 bits per heavy atom. The van der Waals surface area contributed by atoms with E-state index in [9.17, 15) is 24.8 Å². The van der Waals surface area contributed by atoms with E-state index in [1.165, 1.54) is 23.1 Å². The zero-order chi connectivity index (χ0) is 25.9. The van der Waals surface area contributed by atoms with Gasteiger partial charge < -0.3 is 28.9 Å². The topological polar surface area (TPSA) is 127 Å². The van der Waals surface area contributed by atoms with Crippen LogP contribution in [-0.2, 0) is 13.1 Å². The van der Waals surface area contributed by atoms with Crippen molar-refractivity contribution in [3.8, 4) is 11.5 Å². The quantitative estimate of drug-likeness (QED) is 0.380. The third-order valence-electron chi connectivity index (χ3n) is 7.03. The van der Waals surface area contributed by atoms with E-state index in [2.05, 4.69) is 4.90 Å². The number of pyridine rings is 1. The molecule has 11 nitrogen and oxygen atoms in total. The maximum Gasteiger partial charge on any atom is 0.407 e. The van der Waals surface area contributed by atoms with Crippen LogP contribution in [0.15, 0.2) is 53.3 Å². The predicted molar refractivity (Wildman–Crippen MR) is 135 cm³/mol. The number of aromatic nitrogens is 1. The number of benzene rings is 2. The van der Waals surface area contributed by atoms with E-state index in [1.807, 2.05) is 18.2 Å². The van der Waals surface area contributed by atoms with Crippen LogP contribution in [0.4, 0.5) is 10.5 Å². The number of hydrogen-bond donors (Lipinski definition) is 1. The Morgan fingerprint density at radius 2 is 1.78 bits per heavy atom. The van der Waals surface area contributed by atoms with Gasteiger partial charge in [0.05, 0.1) is 10.4 Å². The molecule has 2 aromatic carbocycles. The fraction of sp³-hybridized carbons (Fsp3) is 0.385. The largest absolute Gasteiger partial charge is 0.486 e. The molecule has 37 heavy (non-hydrogen) atoms. The summed E-state index contributed by atoms with van der Waals surface area (Å²) in [6, 6.07) is 13.0. The number of carboxylic acid groups (broad SMARTS) is 1. The van der Waals surface area contributed by atoms with E-state index in [1.54, 1.807) is 16.7 Å². The Bertz CT molecular complexity index is 1380. The maximum absolute atomic E-state index is 12.5. The van der Waals surface area contributed by atoms with Gasteiger partial charge in [-0.3, -0.25) is 14.9 Å². The van der Waals surface area contributed by atoms with Crippen LogP contribution in [0.2, 0.25) is 0 Å². The van der Waals surface area contributed by atoms with Crippen LogP contribution in [-0.4, -0.2) is 69.4 Å². The number of carbonyl (C=O) groups is 1. The number of piperidine rings is 1. The molecule has 1 amide bonds. The lowest BCUT2D eigenvalue weighted by Gasteiger charge is -2.37. The van der Waals surface area contributed by atoms with Crippen molar-refractivity contribution in [3.05, 3.63) is 74.6 Å². The Kier molecular flexibility index (Phi) is 6.95. The zero-order valence-electron chi connectivity index (χ0n) is 20.2. The molecule has 1 saturated heterocycles. The van der Waals surface area contributed by atoms with Gasteiger partial charge in [-0.2, -0.15) is 0 Å². The molecule has 0 spiro atoms. The van der Waals surface area contributed by atoms with Crippen molar-refractivity contribution in [2.24, 2.45) is 0 Å². The first kappa shape index (κ1) is 24.6. The first-order valence-corrected chi connectivity index (χ1v) is 12.3. The minimum atomic E-state index is -0.954. The third-order valence-corrected chi connectivity index (χ3v) is 7.03. The molecule has 3 aromatic rings. The highest BCUT2D eigenvalue weighted by molar-refractivity contribution is 5.81. The lowest BCUT2D eigenvalue weighted by atomic mass is 10.0. The number of rotatable bonds is 7. The first-order valence-electron chi connectivity index (χ1n) is 12.3. The van der Waals surface area contributed by atoms with E-state index in [-0.39, 0.29) is 23.8 Å². The molecule has 1 N–H and O–H groups in total. The number of fused-ring (bicyclic) bond motifs is 2. The average Bonchev–Trinajstić information content (AvgIpc) is 2.91. The molecular formula is C26H28N4O7. The molecule has 3 heterocycles. The van der Waals surface area contributed by atoms with E-state index in [4.69, 9.17) is 9.47 Å². The normalized spacial score (nSPS) is 16.0. The van der Waals surface area contributed by atoms with Gasteiger partial charge in [-0.1, -0.05) is 6.07 Å². The summed E-state index contributed by atoms with van der Waals surface area (Å²) in [5, 5.41) is 21.6. The van der Waals surface area contributed by atoms with Crippen molar-refractivity contribution in [2.75, 3.05) is 32.8 Å². The van der Waals surface area contributed by atoms with Gasteiger partial charge in [-0.25, -0.2) is 4.79 Å². The Balaban J connectivity index is 1.21. The minimum Gasteiger partial charge on any atom is -0.486 e. The summed E-state index contributed by atoms with van der Waals surface area (Å²) in [5.74, 6) is 1.32. The van der Waals surface area contributed by atoms with E-state index >= 15 is 0 Å². The van der Waals surface area contributed by atoms with Gasteiger partial charge in [0.2, 0.25) is 0 Å². The molecule has 1 aromatic heterocycles. The van der Waals surface area contributed by atoms with Crippen LogP contribution >= 0.6 is 0 Å². The van der Waals surface area contributed by atoms with Gasteiger partial charge in [0.25, 0.3) is 11.2 Å². The zero-order valence-corrected chi connectivity index (χ0v) is 20.2. The summed E-state index contributed by atoms with van der Waals surface area (Å²) < 4.78 is 12.8. The number of likely N-dealkylation sites (tertiary alicyclic amines) is 1. The number of ether oxygens (including phenoxy) is 2. The van der Waals surface area contributed by atoms with Crippen LogP contribution in [0.1, 0.15) is 18.4 Å². The summed E-state index contributed by atoms with van der Waals surface area (Å²) in [4.78, 5) is 39.0. The lowest BCUT2D eigenvalue weighted by molar-refractivity contribution is -0.384. The van der Waals surface area contributed by atoms with Crippen molar-refractivity contribution in [3.63, 3.8) is 0 Å². The van der Waals surface area contributed by atoms with E-state index in [0.717, 1.165) is 5.56 Å². The number of hydrogen-bond acceptors (Lipinski definition) is 7. The second-order valence-corrected chi connectivity index (χ2v) is 9.28. The van der Waals surface area contributed by atoms with Crippen LogP contribution < -0.4 is 15.0 Å². The number of non-ortho nitro benzene ring substituents is 1. The Morgan fingerprint density at radius 1 is 1.03 bits per heavy atom. The Hall–Kier alpha value is -4.12. The fourth-order valence-corrected chi connectivity index (χ4v) is 5.07. The summed E-state index contributed by atoms with van der Waals surface area (Å²) in [6.45, 7) is 3.73. The monoisotopic (exact) mass is 508 g/mol. The molecule has 1 fully saturated rings. The van der Waals surface area contributed by atoms with Crippen LogP contribution in [0.3, 0.4) is 0 Å². The third kappa shape index (κ3) is 5.36. The van der Waals surface area contributed by atoms with Gasteiger partial charge in [0, 0.05) is 62.4 Å². The van der Waals surface area contributed by atoms with Crippen LogP contribution in [0, 0.1) is 10.1 Å². The number of nitro benzene ring substituents is 1. The van der Waals surface area contributed by atoms with Crippen molar-refractivity contribution >= 4 is 22.7 Å². The van der Waals surface area contributed by atoms with Crippen molar-refractivity contribution in [1.82, 2.24) is 14.4 Å². The highest BCUT2D eigenvalue weighted by Gasteiger charge is 2.28. The van der Waals surface area contributed by atoms with Gasteiger partial charge in [-0.05, 0) is 42.7 Å². The van der Waals surface area contributed by atoms with Gasteiger partial charge in [0.1, 0.15) is 13.2 Å². The second kappa shape index (κ2) is 10.5. The van der Waals surface area contributed by atoms with Crippen LogP contribution in [0.5, 0.6) is 11.5 Å². The number of nitrogens with zero attached hydrogens (tertiary/aromatic N) is 4. The highest BCUT2D eigenvalue weighted by atomic mass is 16.6. The smallest absolute Gasteiger partial charge is 0.407 e. The molecule has 5 rings (SSSR count). The standard InChI is InChI=1S/C26H28N4O7/c31-25-6-2-19-16-21(30(34)35)3-4-22(19)28(25)12-11-27-9-7-20(8-10-27)29(26(32)33)17-18-1-5-23-24(15-18)37-14-13-36-23/h1-6,15-16,20H,7-14,17H2,(H,32,33). The predicted octanol–water partition coefficient (Wildman–Crippen LogP) is 3.33. The Labute approximate surface area is 212 Å². The van der Waals surface area contributed by atoms with Gasteiger partial charge in [0.15, 0.2) is 11.5 Å².